The standard InChI is InChI=1S/C15H16N4O3/c1-3-10-5-6-13-11(7-10)12(8-22-13)14(20)17-19-9-16-18(4-2)15(19)21/h5-9H,3-4H2,1-2H3,(H,17,20). The first-order valence-electron chi connectivity index (χ1n) is 7.10. The lowest BCUT2D eigenvalue weighted by Gasteiger charge is -2.03. The number of amides is 1. The van der Waals surface area contributed by atoms with Crippen LogP contribution in [0.4, 0.5) is 0 Å². The molecule has 0 saturated carbocycles. The largest absolute Gasteiger partial charge is 0.463 e. The third-order valence-electron chi connectivity index (χ3n) is 3.55. The molecule has 0 aliphatic carbocycles. The van der Waals surface area contributed by atoms with Crippen LogP contribution in [0.5, 0.6) is 0 Å². The van der Waals surface area contributed by atoms with Gasteiger partial charge in [0.2, 0.25) is 0 Å². The molecule has 1 N–H and O–H groups in total. The number of rotatable bonds is 4. The van der Waals surface area contributed by atoms with Gasteiger partial charge in [-0.2, -0.15) is 9.77 Å². The highest BCUT2D eigenvalue weighted by Crippen LogP contribution is 2.22. The molecular formula is C15H16N4O3. The van der Waals surface area contributed by atoms with Crippen LogP contribution in [0, 0.1) is 0 Å². The number of aromatic nitrogens is 3. The van der Waals surface area contributed by atoms with E-state index < -0.39 is 11.6 Å². The van der Waals surface area contributed by atoms with Gasteiger partial charge in [0.15, 0.2) is 0 Å². The van der Waals surface area contributed by atoms with E-state index in [4.69, 9.17) is 4.42 Å². The highest BCUT2D eigenvalue weighted by Gasteiger charge is 2.15. The molecule has 0 aliphatic rings. The zero-order valence-corrected chi connectivity index (χ0v) is 12.4. The Morgan fingerprint density at radius 2 is 2.18 bits per heavy atom. The van der Waals surface area contributed by atoms with Gasteiger partial charge in [0.1, 0.15) is 18.2 Å². The fourth-order valence-corrected chi connectivity index (χ4v) is 2.27. The fourth-order valence-electron chi connectivity index (χ4n) is 2.27. The summed E-state index contributed by atoms with van der Waals surface area (Å²) in [4.78, 5) is 24.3. The second-order valence-corrected chi connectivity index (χ2v) is 4.87. The zero-order valence-electron chi connectivity index (χ0n) is 12.4. The smallest absolute Gasteiger partial charge is 0.364 e. The molecule has 22 heavy (non-hydrogen) atoms. The minimum atomic E-state index is -0.412. The fraction of sp³-hybridized carbons (Fsp3) is 0.267. The first-order chi connectivity index (χ1) is 10.6. The van der Waals surface area contributed by atoms with E-state index in [2.05, 4.69) is 10.5 Å². The van der Waals surface area contributed by atoms with E-state index in [1.165, 1.54) is 17.3 Å². The summed E-state index contributed by atoms with van der Waals surface area (Å²) in [7, 11) is 0. The molecule has 1 aromatic carbocycles. The van der Waals surface area contributed by atoms with E-state index in [9.17, 15) is 9.59 Å². The van der Waals surface area contributed by atoms with E-state index in [0.29, 0.717) is 17.7 Å². The van der Waals surface area contributed by atoms with Crippen LogP contribution in [0.2, 0.25) is 0 Å². The normalized spacial score (nSPS) is 11.0. The molecule has 0 fully saturated rings. The average Bonchev–Trinajstić information content (AvgIpc) is 3.10. The molecule has 0 radical (unpaired) electrons. The molecule has 1 amide bonds. The van der Waals surface area contributed by atoms with Gasteiger partial charge in [0.25, 0.3) is 5.91 Å². The Kier molecular flexibility index (Phi) is 3.54. The van der Waals surface area contributed by atoms with Crippen molar-refractivity contribution in [2.45, 2.75) is 26.8 Å². The van der Waals surface area contributed by atoms with Gasteiger partial charge in [-0.15, -0.1) is 0 Å². The summed E-state index contributed by atoms with van der Waals surface area (Å²) in [5, 5.41) is 4.62. The van der Waals surface area contributed by atoms with E-state index in [1.807, 2.05) is 25.1 Å². The Balaban J connectivity index is 1.95. The Morgan fingerprint density at radius 1 is 1.36 bits per heavy atom. The molecule has 3 rings (SSSR count). The number of fused-ring (bicyclic) bond motifs is 1. The number of carbonyl (C=O) groups is 1. The van der Waals surface area contributed by atoms with Crippen molar-refractivity contribution in [2.75, 3.05) is 5.43 Å². The van der Waals surface area contributed by atoms with Crippen LogP contribution in [-0.2, 0) is 13.0 Å². The van der Waals surface area contributed by atoms with Crippen LogP contribution in [0.1, 0.15) is 29.8 Å². The van der Waals surface area contributed by atoms with Crippen molar-refractivity contribution in [1.29, 1.82) is 0 Å². The maximum atomic E-state index is 12.4. The molecule has 0 unspecified atom stereocenters. The summed E-state index contributed by atoms with van der Waals surface area (Å²) < 4.78 is 7.71. The average molecular weight is 300 g/mol. The summed E-state index contributed by atoms with van der Waals surface area (Å²) >= 11 is 0. The summed E-state index contributed by atoms with van der Waals surface area (Å²) in [6.07, 6.45) is 3.54. The van der Waals surface area contributed by atoms with Crippen LogP contribution < -0.4 is 11.1 Å². The molecule has 0 bridgehead atoms. The number of aryl methyl sites for hydroxylation is 2. The van der Waals surface area contributed by atoms with Crippen molar-refractivity contribution in [2.24, 2.45) is 0 Å². The van der Waals surface area contributed by atoms with Crippen molar-refractivity contribution >= 4 is 16.9 Å². The van der Waals surface area contributed by atoms with E-state index in [-0.39, 0.29) is 0 Å². The van der Waals surface area contributed by atoms with E-state index in [1.54, 1.807) is 6.92 Å². The molecule has 0 atom stereocenters. The monoisotopic (exact) mass is 300 g/mol. The second-order valence-electron chi connectivity index (χ2n) is 4.87. The van der Waals surface area contributed by atoms with Gasteiger partial charge in [0.05, 0.1) is 5.56 Å². The third kappa shape index (κ3) is 2.30. The van der Waals surface area contributed by atoms with Crippen molar-refractivity contribution in [3.8, 4) is 0 Å². The Morgan fingerprint density at radius 3 is 2.86 bits per heavy atom. The number of nitrogens with zero attached hydrogens (tertiary/aromatic N) is 3. The minimum absolute atomic E-state index is 0.390. The van der Waals surface area contributed by atoms with E-state index in [0.717, 1.165) is 22.0 Å². The highest BCUT2D eigenvalue weighted by molar-refractivity contribution is 6.09. The maximum Gasteiger partial charge on any atom is 0.364 e. The molecule has 3 aromatic rings. The number of carbonyl (C=O) groups excluding carboxylic acids is 1. The lowest BCUT2D eigenvalue weighted by Crippen LogP contribution is -2.33. The first kappa shape index (κ1) is 14.1. The highest BCUT2D eigenvalue weighted by atomic mass is 16.3. The van der Waals surface area contributed by atoms with Crippen LogP contribution in [0.15, 0.2) is 40.0 Å². The lowest BCUT2D eigenvalue weighted by atomic mass is 10.1. The Bertz CT molecular complexity index is 888. The molecule has 7 heteroatoms. The van der Waals surface area contributed by atoms with Crippen molar-refractivity contribution in [3.63, 3.8) is 0 Å². The Hall–Kier alpha value is -2.83. The summed E-state index contributed by atoms with van der Waals surface area (Å²) in [5.74, 6) is -0.412. The second kappa shape index (κ2) is 5.51. The SMILES string of the molecule is CCc1ccc2occ(C(=O)Nn3cnn(CC)c3=O)c2c1. The number of nitrogens with one attached hydrogen (secondary N) is 1. The van der Waals surface area contributed by atoms with Gasteiger partial charge in [-0.25, -0.2) is 9.48 Å². The molecule has 0 spiro atoms. The van der Waals surface area contributed by atoms with Gasteiger partial charge in [-0.1, -0.05) is 13.0 Å². The van der Waals surface area contributed by atoms with Crippen LogP contribution >= 0.6 is 0 Å². The van der Waals surface area contributed by atoms with Crippen LogP contribution in [-0.4, -0.2) is 20.4 Å². The molecular weight excluding hydrogens is 284 g/mol. The van der Waals surface area contributed by atoms with Crippen LogP contribution in [0.25, 0.3) is 11.0 Å². The van der Waals surface area contributed by atoms with Crippen molar-refractivity contribution < 1.29 is 9.21 Å². The third-order valence-corrected chi connectivity index (χ3v) is 3.55. The number of hydrogen-bond acceptors (Lipinski definition) is 4. The topological polar surface area (TPSA) is 82.1 Å². The van der Waals surface area contributed by atoms with Crippen LogP contribution in [0.3, 0.4) is 0 Å². The predicted octanol–water partition coefficient (Wildman–Crippen LogP) is 1.76. The maximum absolute atomic E-state index is 12.4. The Labute approximate surface area is 126 Å². The molecule has 0 aliphatic heterocycles. The lowest BCUT2D eigenvalue weighted by molar-refractivity contribution is 0.101. The van der Waals surface area contributed by atoms with Crippen molar-refractivity contribution in [1.82, 2.24) is 14.5 Å². The van der Waals surface area contributed by atoms with Gasteiger partial charge in [-0.3, -0.25) is 10.2 Å². The molecule has 114 valence electrons. The van der Waals surface area contributed by atoms with Gasteiger partial charge in [0, 0.05) is 11.9 Å². The summed E-state index contributed by atoms with van der Waals surface area (Å²) in [6.45, 7) is 4.28. The number of benzene rings is 1. The van der Waals surface area contributed by atoms with E-state index >= 15 is 0 Å². The molecule has 0 saturated heterocycles. The summed E-state index contributed by atoms with van der Waals surface area (Å²) in [5.41, 5.74) is 4.27. The molecule has 2 aromatic heterocycles. The van der Waals surface area contributed by atoms with Gasteiger partial charge >= 0.3 is 5.69 Å². The number of furan rings is 1. The summed E-state index contributed by atoms with van der Waals surface area (Å²) in [6, 6.07) is 5.72. The molecule has 7 nitrogen and oxygen atoms in total. The predicted molar refractivity (Wildman–Crippen MR) is 81.4 cm³/mol. The molecule has 2 heterocycles. The van der Waals surface area contributed by atoms with Crippen molar-refractivity contribution in [3.05, 3.63) is 52.4 Å². The van der Waals surface area contributed by atoms with Gasteiger partial charge < -0.3 is 4.42 Å². The quantitative estimate of drug-likeness (QED) is 0.796. The first-order valence-corrected chi connectivity index (χ1v) is 7.10. The zero-order chi connectivity index (χ0) is 15.7. The minimum Gasteiger partial charge on any atom is -0.463 e. The van der Waals surface area contributed by atoms with Gasteiger partial charge in [-0.05, 0) is 31.0 Å². The number of hydrogen-bond donors (Lipinski definition) is 1.